The Morgan fingerprint density at radius 1 is 1.17 bits per heavy atom. The smallest absolute Gasteiger partial charge is 0.341 e. The molecule has 2 heterocycles. The number of carbonyl (C=O) groups is 3. The van der Waals surface area contributed by atoms with Gasteiger partial charge in [-0.15, -0.1) is 16.4 Å². The molecule has 0 aliphatic heterocycles. The van der Waals surface area contributed by atoms with E-state index in [0.29, 0.717) is 10.6 Å². The maximum atomic E-state index is 12.5. The molecule has 3 rings (SSSR count). The first-order valence-corrected chi connectivity index (χ1v) is 9.46. The van der Waals surface area contributed by atoms with E-state index in [1.54, 1.807) is 12.3 Å². The molecule has 1 aromatic carbocycles. The molecule has 0 unspecified atom stereocenters. The second-order valence-electron chi connectivity index (χ2n) is 5.66. The summed E-state index contributed by atoms with van der Waals surface area (Å²) in [5, 5.41) is 15.0. The third-order valence-corrected chi connectivity index (χ3v) is 4.55. The molecule has 0 aliphatic rings. The van der Waals surface area contributed by atoms with E-state index in [9.17, 15) is 14.4 Å². The lowest BCUT2D eigenvalue weighted by Crippen LogP contribution is -2.23. The Labute approximate surface area is 169 Å². The van der Waals surface area contributed by atoms with Gasteiger partial charge in [0.15, 0.2) is 6.61 Å². The number of aromatic nitrogens is 4. The topological polar surface area (TPSA) is 125 Å². The van der Waals surface area contributed by atoms with Crippen molar-refractivity contribution in [3.63, 3.8) is 0 Å². The Morgan fingerprint density at radius 2 is 1.97 bits per heavy atom. The number of thiophene rings is 1. The Balaban J connectivity index is 1.69. The lowest BCUT2D eigenvalue weighted by Gasteiger charge is -2.09. The molecule has 0 radical (unpaired) electrons. The molecule has 0 bridgehead atoms. The van der Waals surface area contributed by atoms with Crippen LogP contribution in [0.15, 0.2) is 42.0 Å². The molecular formula is C18H17N5O5S. The van der Waals surface area contributed by atoms with Crippen LogP contribution >= 0.6 is 11.3 Å². The van der Waals surface area contributed by atoms with Crippen molar-refractivity contribution in [3.05, 3.63) is 47.6 Å². The minimum atomic E-state index is -0.672. The van der Waals surface area contributed by atoms with Gasteiger partial charge >= 0.3 is 11.9 Å². The third-order valence-electron chi connectivity index (χ3n) is 3.66. The number of hydrogen-bond acceptors (Lipinski definition) is 9. The van der Waals surface area contributed by atoms with E-state index in [1.807, 2.05) is 30.3 Å². The summed E-state index contributed by atoms with van der Waals surface area (Å²) in [6, 6.07) is 9.29. The van der Waals surface area contributed by atoms with Crippen LogP contribution in [-0.2, 0) is 25.6 Å². The largest absolute Gasteiger partial charge is 0.462 e. The molecule has 0 spiro atoms. The van der Waals surface area contributed by atoms with E-state index in [-0.39, 0.29) is 18.7 Å². The Kier molecular flexibility index (Phi) is 6.63. The van der Waals surface area contributed by atoms with Crippen LogP contribution in [0.3, 0.4) is 0 Å². The lowest BCUT2D eigenvalue weighted by atomic mass is 10.0. The van der Waals surface area contributed by atoms with Crippen molar-refractivity contribution < 1.29 is 23.9 Å². The summed E-state index contributed by atoms with van der Waals surface area (Å²) in [6.45, 7) is 1.17. The second kappa shape index (κ2) is 9.55. The zero-order valence-corrected chi connectivity index (χ0v) is 16.2. The van der Waals surface area contributed by atoms with Gasteiger partial charge in [0.25, 0.3) is 5.91 Å². The molecule has 0 fully saturated rings. The predicted molar refractivity (Wildman–Crippen MR) is 103 cm³/mol. The predicted octanol–water partition coefficient (Wildman–Crippen LogP) is 1.76. The van der Waals surface area contributed by atoms with Gasteiger partial charge in [0, 0.05) is 10.9 Å². The van der Waals surface area contributed by atoms with Crippen molar-refractivity contribution in [2.75, 3.05) is 18.5 Å². The molecule has 11 heteroatoms. The van der Waals surface area contributed by atoms with Crippen molar-refractivity contribution in [2.45, 2.75) is 13.5 Å². The Hall–Kier alpha value is -3.60. The molecule has 3 aromatic rings. The number of amides is 1. The van der Waals surface area contributed by atoms with Crippen molar-refractivity contribution in [2.24, 2.45) is 0 Å². The van der Waals surface area contributed by atoms with Crippen LogP contribution < -0.4 is 5.32 Å². The van der Waals surface area contributed by atoms with Gasteiger partial charge in [0.2, 0.25) is 0 Å². The second-order valence-corrected chi connectivity index (χ2v) is 6.54. The number of rotatable bonds is 8. The quantitative estimate of drug-likeness (QED) is 0.552. The Morgan fingerprint density at radius 3 is 2.66 bits per heavy atom. The number of esters is 2. The summed E-state index contributed by atoms with van der Waals surface area (Å²) in [5.74, 6) is -1.80. The van der Waals surface area contributed by atoms with Gasteiger partial charge in [-0.25, -0.2) is 9.48 Å². The summed E-state index contributed by atoms with van der Waals surface area (Å²) in [7, 11) is 0. The fourth-order valence-corrected chi connectivity index (χ4v) is 3.40. The standard InChI is InChI=1S/C18H17N5O5S/c1-2-27-18(26)16-13(12-6-4-3-5-7-12)10-29-17(16)20-14(24)9-28-15(25)8-23-11-19-21-22-23/h3-7,10-11H,2,8-9H2,1H3,(H,20,24). The maximum Gasteiger partial charge on any atom is 0.341 e. The van der Waals surface area contributed by atoms with E-state index in [4.69, 9.17) is 9.47 Å². The summed E-state index contributed by atoms with van der Waals surface area (Å²) >= 11 is 1.19. The highest BCUT2D eigenvalue weighted by Crippen LogP contribution is 2.36. The van der Waals surface area contributed by atoms with Crippen LogP contribution in [0.1, 0.15) is 17.3 Å². The molecule has 1 N–H and O–H groups in total. The molecule has 10 nitrogen and oxygen atoms in total. The molecule has 1 amide bonds. The molecule has 0 atom stereocenters. The summed E-state index contributed by atoms with van der Waals surface area (Å²) in [6.07, 6.45) is 1.25. The molecule has 0 aliphatic carbocycles. The van der Waals surface area contributed by atoms with E-state index in [2.05, 4.69) is 20.8 Å². The van der Waals surface area contributed by atoms with Gasteiger partial charge < -0.3 is 14.8 Å². The Bertz CT molecular complexity index is 988. The zero-order chi connectivity index (χ0) is 20.6. The van der Waals surface area contributed by atoms with Crippen LogP contribution in [0.25, 0.3) is 11.1 Å². The van der Waals surface area contributed by atoms with E-state index in [0.717, 1.165) is 5.56 Å². The number of nitrogens with zero attached hydrogens (tertiary/aromatic N) is 4. The van der Waals surface area contributed by atoms with Gasteiger partial charge in [-0.05, 0) is 22.9 Å². The lowest BCUT2D eigenvalue weighted by molar-refractivity contribution is -0.148. The molecule has 2 aromatic heterocycles. The van der Waals surface area contributed by atoms with Gasteiger partial charge in [-0.1, -0.05) is 30.3 Å². The number of carbonyl (C=O) groups excluding carboxylic acids is 3. The average molecular weight is 415 g/mol. The first kappa shape index (κ1) is 20.1. The highest BCUT2D eigenvalue weighted by atomic mass is 32.1. The minimum Gasteiger partial charge on any atom is -0.462 e. The first-order chi connectivity index (χ1) is 14.1. The maximum absolute atomic E-state index is 12.5. The molecule has 0 saturated heterocycles. The number of hydrogen-bond donors (Lipinski definition) is 1. The summed E-state index contributed by atoms with van der Waals surface area (Å²) in [5.41, 5.74) is 1.73. The van der Waals surface area contributed by atoms with E-state index >= 15 is 0 Å². The highest BCUT2D eigenvalue weighted by Gasteiger charge is 2.23. The van der Waals surface area contributed by atoms with Gasteiger partial charge in [0.1, 0.15) is 23.4 Å². The molecule has 0 saturated carbocycles. The van der Waals surface area contributed by atoms with Gasteiger partial charge in [0.05, 0.1) is 6.61 Å². The van der Waals surface area contributed by atoms with Crippen molar-refractivity contribution in [1.29, 1.82) is 0 Å². The monoisotopic (exact) mass is 415 g/mol. The summed E-state index contributed by atoms with van der Waals surface area (Å²) < 4.78 is 11.2. The SMILES string of the molecule is CCOC(=O)c1c(-c2ccccc2)csc1NC(=O)COC(=O)Cn1cnnn1. The highest BCUT2D eigenvalue weighted by molar-refractivity contribution is 7.15. The average Bonchev–Trinajstić information content (AvgIpc) is 3.37. The number of ether oxygens (including phenoxy) is 2. The van der Waals surface area contributed by atoms with Gasteiger partial charge in [-0.2, -0.15) is 0 Å². The molecule has 150 valence electrons. The van der Waals surface area contributed by atoms with Crippen molar-refractivity contribution in [3.8, 4) is 11.1 Å². The van der Waals surface area contributed by atoms with Crippen molar-refractivity contribution >= 4 is 34.2 Å². The van der Waals surface area contributed by atoms with Crippen molar-refractivity contribution in [1.82, 2.24) is 20.2 Å². The molecule has 29 heavy (non-hydrogen) atoms. The first-order valence-electron chi connectivity index (χ1n) is 8.58. The van der Waals surface area contributed by atoms with E-state index < -0.39 is 24.5 Å². The fraction of sp³-hybridized carbons (Fsp3) is 0.222. The minimum absolute atomic E-state index is 0.199. The van der Waals surface area contributed by atoms with Crippen LogP contribution in [0.4, 0.5) is 5.00 Å². The number of benzene rings is 1. The van der Waals surface area contributed by atoms with E-state index in [1.165, 1.54) is 22.3 Å². The van der Waals surface area contributed by atoms with Crippen LogP contribution in [0.2, 0.25) is 0 Å². The van der Waals surface area contributed by atoms with Crippen LogP contribution in [-0.4, -0.2) is 51.3 Å². The normalized spacial score (nSPS) is 10.4. The molecular weight excluding hydrogens is 398 g/mol. The van der Waals surface area contributed by atoms with Crippen LogP contribution in [0, 0.1) is 0 Å². The number of nitrogens with one attached hydrogen (secondary N) is 1. The van der Waals surface area contributed by atoms with Gasteiger partial charge in [-0.3, -0.25) is 9.59 Å². The van der Waals surface area contributed by atoms with Crippen LogP contribution in [0.5, 0.6) is 0 Å². The number of tetrazole rings is 1. The fourth-order valence-electron chi connectivity index (χ4n) is 2.43. The third kappa shape index (κ3) is 5.23. The number of anilines is 1. The zero-order valence-electron chi connectivity index (χ0n) is 15.4. The summed E-state index contributed by atoms with van der Waals surface area (Å²) in [4.78, 5) is 36.4.